The minimum Gasteiger partial charge on any atom is -0.321 e. The van der Waals surface area contributed by atoms with E-state index in [1.807, 2.05) is 61.5 Å². The Morgan fingerprint density at radius 2 is 1.78 bits per heavy atom. The number of nitrogens with one attached hydrogen (secondary N) is 1. The Bertz CT molecular complexity index is 807. The van der Waals surface area contributed by atoms with E-state index in [0.29, 0.717) is 4.88 Å². The summed E-state index contributed by atoms with van der Waals surface area (Å²) in [5.74, 6) is -0.112. The number of aryl methyl sites for hydroxylation is 2. The summed E-state index contributed by atoms with van der Waals surface area (Å²) in [4.78, 5) is 17.8. The Labute approximate surface area is 140 Å². The van der Waals surface area contributed by atoms with Gasteiger partial charge in [0.05, 0.1) is 10.7 Å². The first-order valence-corrected chi connectivity index (χ1v) is 8.42. The predicted octanol–water partition coefficient (Wildman–Crippen LogP) is 4.93. The van der Waals surface area contributed by atoms with Crippen LogP contribution in [0.3, 0.4) is 0 Å². The first-order chi connectivity index (χ1) is 11.2. The second kappa shape index (κ2) is 6.75. The Hall–Kier alpha value is -2.46. The van der Waals surface area contributed by atoms with Crippen LogP contribution in [0.4, 0.5) is 5.69 Å². The van der Waals surface area contributed by atoms with Crippen LogP contribution in [0.2, 0.25) is 0 Å². The summed E-state index contributed by atoms with van der Waals surface area (Å²) in [6.45, 7) is 4.03. The van der Waals surface area contributed by atoms with Crippen LogP contribution in [0.5, 0.6) is 0 Å². The molecule has 0 unspecified atom stereocenters. The number of aromatic nitrogens is 1. The van der Waals surface area contributed by atoms with Crippen molar-refractivity contribution in [3.8, 4) is 11.3 Å². The first kappa shape index (κ1) is 15.4. The zero-order valence-electron chi connectivity index (χ0n) is 13.2. The number of rotatable bonds is 4. The van der Waals surface area contributed by atoms with Crippen LogP contribution in [0, 0.1) is 6.92 Å². The molecule has 3 aromatic rings. The summed E-state index contributed by atoms with van der Waals surface area (Å²) in [6, 6.07) is 17.8. The van der Waals surface area contributed by atoms with Crippen molar-refractivity contribution in [2.24, 2.45) is 0 Å². The van der Waals surface area contributed by atoms with Crippen molar-refractivity contribution in [1.29, 1.82) is 0 Å². The van der Waals surface area contributed by atoms with E-state index in [9.17, 15) is 4.79 Å². The molecule has 1 amide bonds. The lowest BCUT2D eigenvalue weighted by Gasteiger charge is -2.06. The Balaban J connectivity index is 1.87. The van der Waals surface area contributed by atoms with Crippen molar-refractivity contribution >= 4 is 22.9 Å². The standard InChI is InChI=1S/C19H18N2OS/c1-3-14-9-11-16(12-10-14)21-19(22)18-17(20-13(2)23-18)15-7-5-4-6-8-15/h4-12H,3H2,1-2H3,(H,21,22). The third-order valence-corrected chi connectivity index (χ3v) is 4.58. The van der Waals surface area contributed by atoms with Crippen molar-refractivity contribution in [3.05, 3.63) is 70.0 Å². The Morgan fingerprint density at radius 1 is 1.09 bits per heavy atom. The highest BCUT2D eigenvalue weighted by molar-refractivity contribution is 7.14. The van der Waals surface area contributed by atoms with Gasteiger partial charge in [-0.2, -0.15) is 0 Å². The van der Waals surface area contributed by atoms with Gasteiger partial charge in [-0.15, -0.1) is 11.3 Å². The summed E-state index contributed by atoms with van der Waals surface area (Å²) >= 11 is 1.42. The quantitative estimate of drug-likeness (QED) is 0.739. The lowest BCUT2D eigenvalue weighted by molar-refractivity contribution is 0.103. The molecule has 0 aliphatic carbocycles. The van der Waals surface area contributed by atoms with Crippen molar-refractivity contribution in [2.45, 2.75) is 20.3 Å². The molecule has 0 fully saturated rings. The molecule has 2 aromatic carbocycles. The van der Waals surface area contributed by atoms with Gasteiger partial charge in [0.25, 0.3) is 5.91 Å². The molecule has 0 aliphatic rings. The number of nitrogens with zero attached hydrogens (tertiary/aromatic N) is 1. The summed E-state index contributed by atoms with van der Waals surface area (Å²) in [7, 11) is 0. The summed E-state index contributed by atoms with van der Waals surface area (Å²) < 4.78 is 0. The topological polar surface area (TPSA) is 42.0 Å². The molecule has 0 radical (unpaired) electrons. The molecular formula is C19H18N2OS. The molecule has 1 heterocycles. The molecule has 0 aliphatic heterocycles. The van der Waals surface area contributed by atoms with Gasteiger partial charge in [0.2, 0.25) is 0 Å². The number of hydrogen-bond donors (Lipinski definition) is 1. The molecule has 3 rings (SSSR count). The van der Waals surface area contributed by atoms with E-state index >= 15 is 0 Å². The summed E-state index contributed by atoms with van der Waals surface area (Å²) in [6.07, 6.45) is 0.987. The number of carbonyl (C=O) groups is 1. The lowest BCUT2D eigenvalue weighted by atomic mass is 10.1. The maximum Gasteiger partial charge on any atom is 0.268 e. The molecule has 0 bridgehead atoms. The van der Waals surface area contributed by atoms with E-state index in [-0.39, 0.29) is 5.91 Å². The van der Waals surface area contributed by atoms with Crippen LogP contribution in [0.15, 0.2) is 54.6 Å². The fourth-order valence-corrected chi connectivity index (χ4v) is 3.22. The maximum absolute atomic E-state index is 12.6. The van der Waals surface area contributed by atoms with Crippen LogP contribution >= 0.6 is 11.3 Å². The van der Waals surface area contributed by atoms with E-state index in [1.54, 1.807) is 0 Å². The lowest BCUT2D eigenvalue weighted by Crippen LogP contribution is -2.11. The van der Waals surface area contributed by atoms with Crippen LogP contribution < -0.4 is 5.32 Å². The van der Waals surface area contributed by atoms with E-state index in [2.05, 4.69) is 17.2 Å². The molecule has 23 heavy (non-hydrogen) atoms. The van der Waals surface area contributed by atoms with Crippen molar-refractivity contribution < 1.29 is 4.79 Å². The van der Waals surface area contributed by atoms with Gasteiger partial charge in [0.15, 0.2) is 0 Å². The highest BCUT2D eigenvalue weighted by Gasteiger charge is 2.18. The van der Waals surface area contributed by atoms with Crippen molar-refractivity contribution in [1.82, 2.24) is 4.98 Å². The van der Waals surface area contributed by atoms with E-state index in [1.165, 1.54) is 16.9 Å². The van der Waals surface area contributed by atoms with Gasteiger partial charge in [-0.05, 0) is 31.0 Å². The average molecular weight is 322 g/mol. The number of carbonyl (C=O) groups excluding carboxylic acids is 1. The second-order valence-electron chi connectivity index (χ2n) is 5.28. The van der Waals surface area contributed by atoms with Gasteiger partial charge in [-0.3, -0.25) is 4.79 Å². The van der Waals surface area contributed by atoms with Gasteiger partial charge >= 0.3 is 0 Å². The monoisotopic (exact) mass is 322 g/mol. The van der Waals surface area contributed by atoms with Crippen LogP contribution in [0.25, 0.3) is 11.3 Å². The van der Waals surface area contributed by atoms with Gasteiger partial charge in [0.1, 0.15) is 4.88 Å². The van der Waals surface area contributed by atoms with E-state index in [4.69, 9.17) is 0 Å². The smallest absolute Gasteiger partial charge is 0.268 e. The zero-order valence-corrected chi connectivity index (χ0v) is 14.0. The van der Waals surface area contributed by atoms with Gasteiger partial charge in [0, 0.05) is 11.3 Å². The van der Waals surface area contributed by atoms with Crippen LogP contribution in [-0.2, 0) is 6.42 Å². The number of amides is 1. The highest BCUT2D eigenvalue weighted by Crippen LogP contribution is 2.28. The van der Waals surface area contributed by atoms with E-state index in [0.717, 1.165) is 28.4 Å². The molecule has 0 atom stereocenters. The van der Waals surface area contributed by atoms with E-state index < -0.39 is 0 Å². The molecule has 3 nitrogen and oxygen atoms in total. The van der Waals surface area contributed by atoms with Crippen LogP contribution in [0.1, 0.15) is 27.2 Å². The molecular weight excluding hydrogens is 304 g/mol. The minimum atomic E-state index is -0.112. The Morgan fingerprint density at radius 3 is 2.43 bits per heavy atom. The van der Waals surface area contributed by atoms with Crippen LogP contribution in [-0.4, -0.2) is 10.9 Å². The van der Waals surface area contributed by atoms with Crippen molar-refractivity contribution in [3.63, 3.8) is 0 Å². The number of anilines is 1. The molecule has 0 spiro atoms. The number of hydrogen-bond acceptors (Lipinski definition) is 3. The third kappa shape index (κ3) is 3.48. The summed E-state index contributed by atoms with van der Waals surface area (Å²) in [5.41, 5.74) is 3.76. The van der Waals surface area contributed by atoms with Gasteiger partial charge in [-0.25, -0.2) is 4.98 Å². The molecule has 0 saturated heterocycles. The number of benzene rings is 2. The average Bonchev–Trinajstić information content (AvgIpc) is 2.98. The highest BCUT2D eigenvalue weighted by atomic mass is 32.1. The normalized spacial score (nSPS) is 10.5. The number of thiazole rings is 1. The SMILES string of the molecule is CCc1ccc(NC(=O)c2sc(C)nc2-c2ccccc2)cc1. The molecule has 1 aromatic heterocycles. The predicted molar refractivity (Wildman–Crippen MR) is 96.1 cm³/mol. The molecule has 0 saturated carbocycles. The zero-order chi connectivity index (χ0) is 16.2. The van der Waals surface area contributed by atoms with Crippen molar-refractivity contribution in [2.75, 3.05) is 5.32 Å². The largest absolute Gasteiger partial charge is 0.321 e. The maximum atomic E-state index is 12.6. The third-order valence-electron chi connectivity index (χ3n) is 3.61. The summed E-state index contributed by atoms with van der Waals surface area (Å²) in [5, 5.41) is 3.85. The fourth-order valence-electron chi connectivity index (χ4n) is 2.38. The first-order valence-electron chi connectivity index (χ1n) is 7.60. The molecule has 4 heteroatoms. The van der Waals surface area contributed by atoms with Gasteiger partial charge < -0.3 is 5.32 Å². The Kier molecular flexibility index (Phi) is 4.53. The molecule has 116 valence electrons. The minimum absolute atomic E-state index is 0.112. The second-order valence-corrected chi connectivity index (χ2v) is 6.48. The fraction of sp³-hybridized carbons (Fsp3) is 0.158. The van der Waals surface area contributed by atoms with Gasteiger partial charge in [-0.1, -0.05) is 49.4 Å². The molecule has 1 N–H and O–H groups in total.